The van der Waals surface area contributed by atoms with E-state index in [1.54, 1.807) is 6.20 Å². The predicted octanol–water partition coefficient (Wildman–Crippen LogP) is 3.92. The first-order valence-electron chi connectivity index (χ1n) is 8.16. The first-order valence-corrected chi connectivity index (χ1v) is 8.16. The average molecular weight is 330 g/mol. The zero-order valence-corrected chi connectivity index (χ0v) is 13.7. The average Bonchev–Trinajstić information content (AvgIpc) is 3.10. The maximum absolute atomic E-state index is 5.76. The van der Waals surface area contributed by atoms with Gasteiger partial charge in [0.15, 0.2) is 0 Å². The van der Waals surface area contributed by atoms with Crippen molar-refractivity contribution in [1.82, 2.24) is 14.4 Å². The van der Waals surface area contributed by atoms with Crippen LogP contribution in [0.3, 0.4) is 0 Å². The monoisotopic (exact) mass is 330 g/mol. The second-order valence-electron chi connectivity index (χ2n) is 5.69. The van der Waals surface area contributed by atoms with Crippen LogP contribution in [0.4, 0.5) is 5.69 Å². The highest BCUT2D eigenvalue weighted by molar-refractivity contribution is 5.45. The molecule has 0 bridgehead atoms. The van der Waals surface area contributed by atoms with Gasteiger partial charge in [-0.05, 0) is 35.9 Å². The van der Waals surface area contributed by atoms with E-state index in [2.05, 4.69) is 39.6 Å². The molecule has 0 amide bonds. The SMILES string of the molecule is c1ccc(OCc2ccc(NCc3cnc4ncccn34)cc2)cc1. The minimum Gasteiger partial charge on any atom is -0.489 e. The van der Waals surface area contributed by atoms with E-state index in [1.165, 1.54) is 0 Å². The van der Waals surface area contributed by atoms with E-state index < -0.39 is 0 Å². The lowest BCUT2D eigenvalue weighted by Crippen LogP contribution is -2.03. The molecule has 5 heteroatoms. The van der Waals surface area contributed by atoms with E-state index in [0.29, 0.717) is 18.9 Å². The van der Waals surface area contributed by atoms with Gasteiger partial charge < -0.3 is 10.1 Å². The maximum Gasteiger partial charge on any atom is 0.233 e. The topological polar surface area (TPSA) is 51.5 Å². The van der Waals surface area contributed by atoms with Crippen LogP contribution in [0.2, 0.25) is 0 Å². The molecule has 0 aliphatic carbocycles. The molecule has 5 nitrogen and oxygen atoms in total. The third-order valence-corrected chi connectivity index (χ3v) is 3.94. The standard InChI is InChI=1S/C20H18N4O/c1-2-5-19(6-3-1)25-15-16-7-9-17(10-8-16)22-13-18-14-23-20-21-11-4-12-24(18)20/h1-12,14,22H,13,15H2. The summed E-state index contributed by atoms with van der Waals surface area (Å²) in [5.41, 5.74) is 3.26. The van der Waals surface area contributed by atoms with Crippen LogP contribution in [0.15, 0.2) is 79.3 Å². The van der Waals surface area contributed by atoms with E-state index in [4.69, 9.17) is 4.74 Å². The van der Waals surface area contributed by atoms with Crippen LogP contribution in [-0.2, 0) is 13.2 Å². The second kappa shape index (κ2) is 7.05. The van der Waals surface area contributed by atoms with Gasteiger partial charge >= 0.3 is 0 Å². The van der Waals surface area contributed by atoms with Crippen LogP contribution in [0, 0.1) is 0 Å². The minimum absolute atomic E-state index is 0.559. The summed E-state index contributed by atoms with van der Waals surface area (Å²) < 4.78 is 7.74. The minimum atomic E-state index is 0.559. The molecule has 0 atom stereocenters. The number of nitrogens with zero attached hydrogens (tertiary/aromatic N) is 3. The van der Waals surface area contributed by atoms with Crippen LogP contribution in [-0.4, -0.2) is 14.4 Å². The summed E-state index contributed by atoms with van der Waals surface area (Å²) in [4.78, 5) is 8.52. The van der Waals surface area contributed by atoms with Crippen molar-refractivity contribution < 1.29 is 4.74 Å². The summed E-state index contributed by atoms with van der Waals surface area (Å²) >= 11 is 0. The highest BCUT2D eigenvalue weighted by Crippen LogP contribution is 2.15. The number of fused-ring (bicyclic) bond motifs is 1. The van der Waals surface area contributed by atoms with E-state index in [-0.39, 0.29) is 0 Å². The first-order chi connectivity index (χ1) is 12.4. The van der Waals surface area contributed by atoms with Crippen molar-refractivity contribution in [3.05, 3.63) is 90.5 Å². The fraction of sp³-hybridized carbons (Fsp3) is 0.100. The van der Waals surface area contributed by atoms with Crippen molar-refractivity contribution >= 4 is 11.5 Å². The van der Waals surface area contributed by atoms with Gasteiger partial charge in [-0.25, -0.2) is 9.97 Å². The molecule has 0 spiro atoms. The highest BCUT2D eigenvalue weighted by atomic mass is 16.5. The quantitative estimate of drug-likeness (QED) is 0.582. The summed E-state index contributed by atoms with van der Waals surface area (Å²) in [7, 11) is 0. The molecule has 0 unspecified atom stereocenters. The largest absolute Gasteiger partial charge is 0.489 e. The van der Waals surface area contributed by atoms with Gasteiger partial charge in [0, 0.05) is 18.1 Å². The Morgan fingerprint density at radius 3 is 2.60 bits per heavy atom. The Bertz CT molecular complexity index is 948. The summed E-state index contributed by atoms with van der Waals surface area (Å²) in [6.07, 6.45) is 5.56. The molecule has 2 aromatic carbocycles. The van der Waals surface area contributed by atoms with E-state index in [0.717, 1.165) is 22.7 Å². The molecule has 0 saturated heterocycles. The van der Waals surface area contributed by atoms with E-state index in [1.807, 2.05) is 53.2 Å². The van der Waals surface area contributed by atoms with Crippen molar-refractivity contribution in [2.75, 3.05) is 5.32 Å². The number of rotatable bonds is 6. The molecule has 2 heterocycles. The van der Waals surface area contributed by atoms with Crippen molar-refractivity contribution in [3.63, 3.8) is 0 Å². The van der Waals surface area contributed by atoms with Crippen LogP contribution in [0.1, 0.15) is 11.3 Å². The molecule has 124 valence electrons. The molecule has 0 aliphatic heterocycles. The second-order valence-corrected chi connectivity index (χ2v) is 5.69. The molecule has 2 aromatic heterocycles. The predicted molar refractivity (Wildman–Crippen MR) is 97.5 cm³/mol. The third-order valence-electron chi connectivity index (χ3n) is 3.94. The Morgan fingerprint density at radius 2 is 1.76 bits per heavy atom. The highest BCUT2D eigenvalue weighted by Gasteiger charge is 2.03. The Morgan fingerprint density at radius 1 is 0.920 bits per heavy atom. The van der Waals surface area contributed by atoms with E-state index in [9.17, 15) is 0 Å². The van der Waals surface area contributed by atoms with Gasteiger partial charge in [-0.15, -0.1) is 0 Å². The number of benzene rings is 2. The lowest BCUT2D eigenvalue weighted by atomic mass is 10.2. The number of hydrogen-bond donors (Lipinski definition) is 1. The fourth-order valence-corrected chi connectivity index (χ4v) is 2.60. The van der Waals surface area contributed by atoms with Gasteiger partial charge in [0.05, 0.1) is 18.4 Å². The number of hydrogen-bond acceptors (Lipinski definition) is 4. The number of imidazole rings is 1. The summed E-state index contributed by atoms with van der Waals surface area (Å²) in [6, 6.07) is 20.0. The lowest BCUT2D eigenvalue weighted by Gasteiger charge is -2.09. The van der Waals surface area contributed by atoms with Crippen molar-refractivity contribution in [1.29, 1.82) is 0 Å². The summed E-state index contributed by atoms with van der Waals surface area (Å²) in [5.74, 6) is 1.60. The van der Waals surface area contributed by atoms with Gasteiger partial charge in [0.2, 0.25) is 5.78 Å². The number of nitrogens with one attached hydrogen (secondary N) is 1. The molecule has 1 N–H and O–H groups in total. The Labute approximate surface area is 145 Å². The zero-order valence-electron chi connectivity index (χ0n) is 13.7. The normalized spacial score (nSPS) is 10.7. The van der Waals surface area contributed by atoms with Crippen LogP contribution in [0.5, 0.6) is 5.75 Å². The van der Waals surface area contributed by atoms with Crippen molar-refractivity contribution in [2.24, 2.45) is 0 Å². The molecule has 0 saturated carbocycles. The third kappa shape index (κ3) is 3.61. The summed E-state index contributed by atoms with van der Waals surface area (Å²) in [6.45, 7) is 1.25. The van der Waals surface area contributed by atoms with Crippen LogP contribution >= 0.6 is 0 Å². The first kappa shape index (κ1) is 15.2. The molecule has 4 rings (SSSR count). The number of ether oxygens (including phenoxy) is 1. The fourth-order valence-electron chi connectivity index (χ4n) is 2.60. The molecule has 4 aromatic rings. The smallest absolute Gasteiger partial charge is 0.233 e. The molecular weight excluding hydrogens is 312 g/mol. The van der Waals surface area contributed by atoms with E-state index >= 15 is 0 Å². The van der Waals surface area contributed by atoms with Crippen molar-refractivity contribution in [2.45, 2.75) is 13.2 Å². The summed E-state index contributed by atoms with van der Waals surface area (Å²) in [5, 5.41) is 3.41. The molecular formula is C20H18N4O. The molecule has 25 heavy (non-hydrogen) atoms. The van der Waals surface area contributed by atoms with Crippen LogP contribution < -0.4 is 10.1 Å². The van der Waals surface area contributed by atoms with Crippen molar-refractivity contribution in [3.8, 4) is 5.75 Å². The van der Waals surface area contributed by atoms with Gasteiger partial charge in [0.25, 0.3) is 0 Å². The van der Waals surface area contributed by atoms with Gasteiger partial charge in [0.1, 0.15) is 12.4 Å². The number of para-hydroxylation sites is 1. The zero-order chi connectivity index (χ0) is 16.9. The Kier molecular flexibility index (Phi) is 4.29. The van der Waals surface area contributed by atoms with Gasteiger partial charge in [-0.3, -0.25) is 4.40 Å². The van der Waals surface area contributed by atoms with Gasteiger partial charge in [-0.1, -0.05) is 30.3 Å². The Balaban J connectivity index is 1.36. The molecule has 0 aliphatic rings. The number of aromatic nitrogens is 3. The van der Waals surface area contributed by atoms with Gasteiger partial charge in [-0.2, -0.15) is 0 Å². The molecule has 0 fully saturated rings. The van der Waals surface area contributed by atoms with Crippen LogP contribution in [0.25, 0.3) is 5.78 Å². The Hall–Kier alpha value is -3.34. The maximum atomic E-state index is 5.76. The number of anilines is 1. The lowest BCUT2D eigenvalue weighted by molar-refractivity contribution is 0.306. The molecule has 0 radical (unpaired) electrons.